The van der Waals surface area contributed by atoms with Crippen LogP contribution in [-0.2, 0) is 14.3 Å². The number of esters is 1. The van der Waals surface area contributed by atoms with Crippen molar-refractivity contribution in [1.82, 2.24) is 0 Å². The van der Waals surface area contributed by atoms with Crippen LogP contribution in [0.1, 0.15) is 38.3 Å². The number of carbonyl (C=O) groups is 2. The molecule has 0 unspecified atom stereocenters. The van der Waals surface area contributed by atoms with Crippen molar-refractivity contribution in [3.8, 4) is 11.5 Å². The van der Waals surface area contributed by atoms with Gasteiger partial charge >= 0.3 is 5.97 Å². The Balaban J connectivity index is 1.88. The van der Waals surface area contributed by atoms with Crippen LogP contribution in [0.2, 0.25) is 0 Å². The van der Waals surface area contributed by atoms with Crippen molar-refractivity contribution in [3.05, 3.63) is 57.7 Å². The lowest BCUT2D eigenvalue weighted by molar-refractivity contribution is -0.129. The first-order valence-electron chi connectivity index (χ1n) is 9.91. The van der Waals surface area contributed by atoms with Gasteiger partial charge in [-0.05, 0) is 77.3 Å². The van der Waals surface area contributed by atoms with E-state index >= 15 is 0 Å². The summed E-state index contributed by atoms with van der Waals surface area (Å²) in [5.74, 6) is 0.717. The Bertz CT molecular complexity index is 1040. The Morgan fingerprint density at radius 3 is 2.58 bits per heavy atom. The predicted octanol–water partition coefficient (Wildman–Crippen LogP) is 4.94. The Kier molecular flexibility index (Phi) is 7.46. The van der Waals surface area contributed by atoms with Gasteiger partial charge in [-0.1, -0.05) is 6.92 Å². The molecule has 0 spiro atoms. The van der Waals surface area contributed by atoms with Crippen LogP contribution in [0.4, 0.5) is 5.69 Å². The maximum atomic E-state index is 12.3. The van der Waals surface area contributed by atoms with E-state index in [-0.39, 0.29) is 17.5 Å². The molecule has 0 saturated carbocycles. The number of halogens is 1. The van der Waals surface area contributed by atoms with Crippen molar-refractivity contribution in [3.63, 3.8) is 0 Å². The van der Waals surface area contributed by atoms with E-state index < -0.39 is 5.97 Å². The normalized spacial score (nSPS) is 14.3. The summed E-state index contributed by atoms with van der Waals surface area (Å²) in [6, 6.07) is 10.5. The minimum atomic E-state index is -0.540. The molecule has 0 aliphatic carbocycles. The number of amides is 1. The van der Waals surface area contributed by atoms with E-state index in [4.69, 9.17) is 14.2 Å². The molecule has 3 rings (SSSR count). The van der Waals surface area contributed by atoms with Gasteiger partial charge in [-0.25, -0.2) is 9.79 Å². The summed E-state index contributed by atoms with van der Waals surface area (Å²) < 4.78 is 17.5. The maximum Gasteiger partial charge on any atom is 0.363 e. The molecule has 0 atom stereocenters. The molecular formula is C23H23BrN2O5. The van der Waals surface area contributed by atoms with Gasteiger partial charge in [0.05, 0.1) is 17.7 Å². The van der Waals surface area contributed by atoms with Crippen molar-refractivity contribution in [2.45, 2.75) is 27.2 Å². The number of hydrogen-bond acceptors (Lipinski definition) is 6. The van der Waals surface area contributed by atoms with Gasteiger partial charge < -0.3 is 19.5 Å². The minimum Gasteiger partial charge on any atom is -0.490 e. The van der Waals surface area contributed by atoms with Crippen molar-refractivity contribution in [1.29, 1.82) is 0 Å². The molecule has 7 nitrogen and oxygen atoms in total. The van der Waals surface area contributed by atoms with E-state index in [2.05, 4.69) is 26.2 Å². The highest BCUT2D eigenvalue weighted by Gasteiger charge is 2.24. The molecule has 0 aromatic heterocycles. The Labute approximate surface area is 189 Å². The fraction of sp³-hybridized carbons (Fsp3) is 0.261. The highest BCUT2D eigenvalue weighted by atomic mass is 79.9. The third-order valence-electron chi connectivity index (χ3n) is 4.16. The first-order valence-corrected chi connectivity index (χ1v) is 10.7. The SMILES string of the molecule is CCCOc1c(Br)cc(/C=C2\N=C(c3ccc(NC(C)=O)cc3)OC2=O)cc1OCC. The number of anilines is 1. The molecule has 1 heterocycles. The molecule has 1 aliphatic rings. The van der Waals surface area contributed by atoms with Crippen LogP contribution in [0.25, 0.3) is 6.08 Å². The lowest BCUT2D eigenvalue weighted by atomic mass is 10.1. The van der Waals surface area contributed by atoms with Crippen molar-refractivity contribution in [2.24, 2.45) is 4.99 Å². The molecule has 1 N–H and O–H groups in total. The number of hydrogen-bond donors (Lipinski definition) is 1. The second-order valence-corrected chi connectivity index (χ2v) is 7.56. The highest BCUT2D eigenvalue weighted by Crippen LogP contribution is 2.38. The molecule has 0 fully saturated rings. The first kappa shape index (κ1) is 22.6. The number of benzene rings is 2. The fourth-order valence-electron chi connectivity index (χ4n) is 2.87. The van der Waals surface area contributed by atoms with Crippen LogP contribution in [0, 0.1) is 0 Å². The van der Waals surface area contributed by atoms with Gasteiger partial charge in [0.2, 0.25) is 11.8 Å². The monoisotopic (exact) mass is 486 g/mol. The molecule has 162 valence electrons. The summed E-state index contributed by atoms with van der Waals surface area (Å²) in [5, 5.41) is 2.69. The number of nitrogens with one attached hydrogen (secondary N) is 1. The Morgan fingerprint density at radius 1 is 1.19 bits per heavy atom. The predicted molar refractivity (Wildman–Crippen MR) is 122 cm³/mol. The van der Waals surface area contributed by atoms with Gasteiger partial charge in [0.15, 0.2) is 17.2 Å². The van der Waals surface area contributed by atoms with E-state index in [0.29, 0.717) is 36.0 Å². The van der Waals surface area contributed by atoms with Crippen molar-refractivity contribution < 1.29 is 23.8 Å². The zero-order chi connectivity index (χ0) is 22.4. The standard InChI is InChI=1S/C23H23BrN2O5/c1-4-10-30-21-18(24)11-15(13-20(21)29-5-2)12-19-23(28)31-22(26-19)16-6-8-17(9-7-16)25-14(3)27/h6-9,11-13H,4-5,10H2,1-3H3,(H,25,27)/b19-12-. The van der Waals surface area contributed by atoms with Crippen LogP contribution >= 0.6 is 15.9 Å². The summed E-state index contributed by atoms with van der Waals surface area (Å²) in [7, 11) is 0. The van der Waals surface area contributed by atoms with E-state index in [1.165, 1.54) is 6.92 Å². The molecule has 1 amide bonds. The lowest BCUT2D eigenvalue weighted by Crippen LogP contribution is -2.07. The van der Waals surface area contributed by atoms with Crippen LogP contribution in [0.3, 0.4) is 0 Å². The zero-order valence-corrected chi connectivity index (χ0v) is 19.1. The zero-order valence-electron chi connectivity index (χ0n) is 17.5. The smallest absolute Gasteiger partial charge is 0.363 e. The second-order valence-electron chi connectivity index (χ2n) is 6.71. The number of carbonyl (C=O) groups excluding carboxylic acids is 2. The topological polar surface area (TPSA) is 86.2 Å². The van der Waals surface area contributed by atoms with E-state index in [0.717, 1.165) is 16.5 Å². The quantitative estimate of drug-likeness (QED) is 0.421. The summed E-state index contributed by atoms with van der Waals surface area (Å²) >= 11 is 3.52. The molecule has 2 aromatic carbocycles. The second kappa shape index (κ2) is 10.3. The van der Waals surface area contributed by atoms with Crippen LogP contribution < -0.4 is 14.8 Å². The van der Waals surface area contributed by atoms with Gasteiger partial charge in [0, 0.05) is 18.2 Å². The molecule has 0 radical (unpaired) electrons. The average Bonchev–Trinajstić information content (AvgIpc) is 3.08. The molecule has 31 heavy (non-hydrogen) atoms. The van der Waals surface area contributed by atoms with Crippen LogP contribution in [0.15, 0.2) is 51.6 Å². The minimum absolute atomic E-state index is 0.161. The lowest BCUT2D eigenvalue weighted by Gasteiger charge is -2.14. The molecule has 8 heteroatoms. The van der Waals surface area contributed by atoms with Crippen LogP contribution in [-0.4, -0.2) is 31.0 Å². The van der Waals surface area contributed by atoms with Gasteiger partial charge in [0.1, 0.15) is 0 Å². The van der Waals surface area contributed by atoms with Gasteiger partial charge in [-0.15, -0.1) is 0 Å². The van der Waals surface area contributed by atoms with Gasteiger partial charge in [-0.2, -0.15) is 0 Å². The molecular weight excluding hydrogens is 464 g/mol. The Hall–Kier alpha value is -3.13. The summed E-state index contributed by atoms with van der Waals surface area (Å²) in [5.41, 5.74) is 2.18. The molecule has 1 aliphatic heterocycles. The molecule has 0 bridgehead atoms. The number of nitrogens with zero attached hydrogens (tertiary/aromatic N) is 1. The number of cyclic esters (lactones) is 1. The molecule has 2 aromatic rings. The number of ether oxygens (including phenoxy) is 3. The summed E-state index contributed by atoms with van der Waals surface area (Å²) in [4.78, 5) is 27.8. The summed E-state index contributed by atoms with van der Waals surface area (Å²) in [6.07, 6.45) is 2.51. The van der Waals surface area contributed by atoms with Crippen LogP contribution in [0.5, 0.6) is 11.5 Å². The Morgan fingerprint density at radius 2 is 1.94 bits per heavy atom. The third-order valence-corrected chi connectivity index (χ3v) is 4.75. The van der Waals surface area contributed by atoms with Crippen molar-refractivity contribution >= 4 is 45.5 Å². The third kappa shape index (κ3) is 5.73. The fourth-order valence-corrected chi connectivity index (χ4v) is 3.44. The van der Waals surface area contributed by atoms with E-state index in [1.54, 1.807) is 36.4 Å². The van der Waals surface area contributed by atoms with E-state index in [1.807, 2.05) is 19.9 Å². The van der Waals surface area contributed by atoms with E-state index in [9.17, 15) is 9.59 Å². The molecule has 0 saturated heterocycles. The largest absolute Gasteiger partial charge is 0.490 e. The number of aliphatic imine (C=N–C) groups is 1. The highest BCUT2D eigenvalue weighted by molar-refractivity contribution is 9.10. The van der Waals surface area contributed by atoms with Crippen molar-refractivity contribution in [2.75, 3.05) is 18.5 Å². The number of rotatable bonds is 8. The first-order chi connectivity index (χ1) is 14.9. The summed E-state index contributed by atoms with van der Waals surface area (Å²) in [6.45, 7) is 6.41. The average molecular weight is 487 g/mol. The van der Waals surface area contributed by atoms with Gasteiger partial charge in [-0.3, -0.25) is 4.79 Å². The maximum absolute atomic E-state index is 12.3. The van der Waals surface area contributed by atoms with Gasteiger partial charge in [0.25, 0.3) is 0 Å².